The zero-order valence-electron chi connectivity index (χ0n) is 20.6. The molecule has 3 aromatic rings. The van der Waals surface area contributed by atoms with Gasteiger partial charge in [-0.25, -0.2) is 4.79 Å². The van der Waals surface area contributed by atoms with E-state index >= 15 is 0 Å². The lowest BCUT2D eigenvalue weighted by atomic mass is 10.2. The normalized spacial score (nSPS) is 14.8. The Balaban J connectivity index is 1.34. The maximum atomic E-state index is 12.9. The minimum absolute atomic E-state index is 0.190. The van der Waals surface area contributed by atoms with E-state index in [1.165, 1.54) is 0 Å². The van der Waals surface area contributed by atoms with Crippen LogP contribution in [0.4, 0.5) is 0 Å². The molecule has 2 amide bonds. The Bertz CT molecular complexity index is 1410. The fourth-order valence-corrected chi connectivity index (χ4v) is 4.75. The molecular weight excluding hydrogens is 560 g/mol. The zero-order valence-corrected chi connectivity index (χ0v) is 23.0. The van der Waals surface area contributed by atoms with Gasteiger partial charge in [0.2, 0.25) is 0 Å². The predicted molar refractivity (Wildman–Crippen MR) is 153 cm³/mol. The van der Waals surface area contributed by atoms with Gasteiger partial charge < -0.3 is 14.6 Å². The smallest absolute Gasteiger partial charge is 0.344 e. The lowest BCUT2D eigenvalue weighted by molar-refractivity contribution is -0.145. The second kappa shape index (κ2) is 12.8. The molecule has 11 heteroatoms. The average Bonchev–Trinajstić information content (AvgIpc) is 3.19. The van der Waals surface area contributed by atoms with Crippen LogP contribution in [0.2, 0.25) is 5.02 Å². The number of benzene rings is 3. The highest BCUT2D eigenvalue weighted by Gasteiger charge is 2.33. The number of rotatable bonds is 10. The molecule has 2 N–H and O–H groups in total. The number of halogens is 1. The molecular formula is C28H23ClN2O6S2. The first kappa shape index (κ1) is 28.2. The third-order valence-electron chi connectivity index (χ3n) is 5.54. The number of carboxylic acids is 1. The molecule has 1 aliphatic heterocycles. The first-order valence-electron chi connectivity index (χ1n) is 11.8. The van der Waals surface area contributed by atoms with Gasteiger partial charge in [0.15, 0.2) is 10.4 Å². The SMILES string of the molecule is CCC(Oc1ccc(/C=C2/SC(=S)N(NC(=O)c3ccc(OCc4ccc(Cl)cc4)cc3)C2=O)cc1)C(=O)O. The molecule has 8 nitrogen and oxygen atoms in total. The number of nitrogens with zero attached hydrogens (tertiary/aromatic N) is 1. The molecule has 1 unspecified atom stereocenters. The summed E-state index contributed by atoms with van der Waals surface area (Å²) < 4.78 is 11.4. The van der Waals surface area contributed by atoms with Gasteiger partial charge in [0.1, 0.15) is 18.1 Å². The summed E-state index contributed by atoms with van der Waals surface area (Å²) in [4.78, 5) is 37.2. The molecule has 0 radical (unpaired) electrons. The highest BCUT2D eigenvalue weighted by atomic mass is 35.5. The van der Waals surface area contributed by atoms with Gasteiger partial charge >= 0.3 is 5.97 Å². The molecule has 0 aliphatic carbocycles. The first-order valence-corrected chi connectivity index (χ1v) is 13.4. The third-order valence-corrected chi connectivity index (χ3v) is 7.10. The molecule has 1 heterocycles. The summed E-state index contributed by atoms with van der Waals surface area (Å²) in [6.45, 7) is 2.07. The Morgan fingerprint density at radius 1 is 1.05 bits per heavy atom. The molecule has 200 valence electrons. The second-order valence-electron chi connectivity index (χ2n) is 8.32. The summed E-state index contributed by atoms with van der Waals surface area (Å²) in [5, 5.41) is 10.8. The van der Waals surface area contributed by atoms with E-state index < -0.39 is 23.9 Å². The van der Waals surface area contributed by atoms with E-state index in [9.17, 15) is 14.4 Å². The number of hydrogen-bond acceptors (Lipinski definition) is 7. The standard InChI is InChI=1S/C28H23ClN2O6S2/c1-2-23(27(34)35)37-22-11-5-17(6-12-22)15-24-26(33)31(28(38)39-24)30-25(32)19-7-13-21(14-8-19)36-16-18-3-9-20(29)10-4-18/h3-15,23H,2,16H2,1H3,(H,30,32)(H,34,35)/b24-15+. The zero-order chi connectivity index (χ0) is 27.9. The van der Waals surface area contributed by atoms with Gasteiger partial charge in [-0.3, -0.25) is 15.0 Å². The minimum Gasteiger partial charge on any atom is -0.489 e. The number of hydrogen-bond donors (Lipinski definition) is 2. The van der Waals surface area contributed by atoms with Crippen molar-refractivity contribution in [2.24, 2.45) is 0 Å². The summed E-state index contributed by atoms with van der Waals surface area (Å²) >= 11 is 12.3. The van der Waals surface area contributed by atoms with Crippen molar-refractivity contribution >= 4 is 63.8 Å². The van der Waals surface area contributed by atoms with Crippen molar-refractivity contribution in [2.75, 3.05) is 0 Å². The van der Waals surface area contributed by atoms with Crippen molar-refractivity contribution in [1.82, 2.24) is 10.4 Å². The molecule has 0 aromatic heterocycles. The van der Waals surface area contributed by atoms with Crippen molar-refractivity contribution < 1.29 is 29.0 Å². The van der Waals surface area contributed by atoms with Gasteiger partial charge in [0.05, 0.1) is 4.91 Å². The molecule has 0 spiro atoms. The van der Waals surface area contributed by atoms with Crippen molar-refractivity contribution in [3.63, 3.8) is 0 Å². The number of ether oxygens (including phenoxy) is 2. The van der Waals surface area contributed by atoms with Gasteiger partial charge in [-0.1, -0.05) is 54.6 Å². The fourth-order valence-electron chi connectivity index (χ4n) is 3.45. The Hall–Kier alpha value is -3.86. The Labute approximate surface area is 239 Å². The van der Waals surface area contributed by atoms with E-state index in [0.717, 1.165) is 22.3 Å². The molecule has 1 aliphatic rings. The van der Waals surface area contributed by atoms with Gasteiger partial charge in [-0.15, -0.1) is 0 Å². The number of aliphatic carboxylic acids is 1. The van der Waals surface area contributed by atoms with E-state index in [-0.39, 0.29) is 4.32 Å². The molecule has 0 bridgehead atoms. The highest BCUT2D eigenvalue weighted by molar-refractivity contribution is 8.26. The van der Waals surface area contributed by atoms with Crippen LogP contribution >= 0.6 is 35.6 Å². The average molecular weight is 583 g/mol. The number of thiocarbonyl (C=S) groups is 1. The van der Waals surface area contributed by atoms with Crippen LogP contribution in [-0.4, -0.2) is 38.3 Å². The Kier molecular flexibility index (Phi) is 9.23. The molecule has 1 fully saturated rings. The third kappa shape index (κ3) is 7.38. The van der Waals surface area contributed by atoms with Gasteiger partial charge in [0, 0.05) is 10.6 Å². The molecule has 39 heavy (non-hydrogen) atoms. The van der Waals surface area contributed by atoms with E-state index in [1.54, 1.807) is 73.7 Å². The van der Waals surface area contributed by atoms with E-state index in [4.69, 9.17) is 38.4 Å². The summed E-state index contributed by atoms with van der Waals surface area (Å²) in [5.41, 5.74) is 4.52. The lowest BCUT2D eigenvalue weighted by Crippen LogP contribution is -2.44. The number of nitrogens with one attached hydrogen (secondary N) is 1. The van der Waals surface area contributed by atoms with Crippen LogP contribution in [-0.2, 0) is 16.2 Å². The van der Waals surface area contributed by atoms with Gasteiger partial charge in [-0.05, 0) is 84.4 Å². The van der Waals surface area contributed by atoms with E-state index in [1.807, 2.05) is 12.1 Å². The largest absolute Gasteiger partial charge is 0.489 e. The fraction of sp³-hybridized carbons (Fsp3) is 0.143. The Morgan fingerprint density at radius 2 is 1.69 bits per heavy atom. The number of amides is 2. The van der Waals surface area contributed by atoms with Crippen LogP contribution in [0.5, 0.6) is 11.5 Å². The molecule has 1 atom stereocenters. The maximum Gasteiger partial charge on any atom is 0.344 e. The monoisotopic (exact) mass is 582 g/mol. The van der Waals surface area contributed by atoms with E-state index in [2.05, 4.69) is 5.43 Å². The number of carboxylic acid groups (broad SMARTS) is 1. The lowest BCUT2D eigenvalue weighted by Gasteiger charge is -2.16. The van der Waals surface area contributed by atoms with Crippen LogP contribution in [0.1, 0.15) is 34.8 Å². The topological polar surface area (TPSA) is 105 Å². The predicted octanol–water partition coefficient (Wildman–Crippen LogP) is 5.71. The van der Waals surface area contributed by atoms with Crippen molar-refractivity contribution in [2.45, 2.75) is 26.1 Å². The van der Waals surface area contributed by atoms with Gasteiger partial charge in [0.25, 0.3) is 11.8 Å². The van der Waals surface area contributed by atoms with Crippen molar-refractivity contribution in [3.8, 4) is 11.5 Å². The van der Waals surface area contributed by atoms with Crippen LogP contribution in [0, 0.1) is 0 Å². The summed E-state index contributed by atoms with van der Waals surface area (Å²) in [6, 6.07) is 20.5. The molecule has 1 saturated heterocycles. The van der Waals surface area contributed by atoms with Crippen LogP contribution in [0.15, 0.2) is 77.7 Å². The summed E-state index contributed by atoms with van der Waals surface area (Å²) in [7, 11) is 0. The summed E-state index contributed by atoms with van der Waals surface area (Å²) in [5.74, 6) is -1.01. The van der Waals surface area contributed by atoms with Crippen LogP contribution < -0.4 is 14.9 Å². The Morgan fingerprint density at radius 3 is 2.31 bits per heavy atom. The number of carbonyl (C=O) groups is 3. The first-order chi connectivity index (χ1) is 18.7. The van der Waals surface area contributed by atoms with Gasteiger partial charge in [-0.2, -0.15) is 5.01 Å². The number of carbonyl (C=O) groups excluding carboxylic acids is 2. The summed E-state index contributed by atoms with van der Waals surface area (Å²) in [6.07, 6.45) is 1.03. The van der Waals surface area contributed by atoms with Crippen molar-refractivity contribution in [1.29, 1.82) is 0 Å². The highest BCUT2D eigenvalue weighted by Crippen LogP contribution is 2.32. The van der Waals surface area contributed by atoms with E-state index in [0.29, 0.717) is 45.6 Å². The van der Waals surface area contributed by atoms with Crippen LogP contribution in [0.3, 0.4) is 0 Å². The quantitative estimate of drug-likeness (QED) is 0.231. The van der Waals surface area contributed by atoms with Crippen LogP contribution in [0.25, 0.3) is 6.08 Å². The second-order valence-corrected chi connectivity index (χ2v) is 10.4. The molecule has 3 aromatic carbocycles. The van der Waals surface area contributed by atoms with Crippen molar-refractivity contribution in [3.05, 3.63) is 99.4 Å². The molecule has 4 rings (SSSR count). The minimum atomic E-state index is -1.04. The maximum absolute atomic E-state index is 12.9. The number of hydrazine groups is 1. The molecule has 0 saturated carbocycles. The number of thioether (sulfide) groups is 1.